The second-order valence-corrected chi connectivity index (χ2v) is 6.99. The number of anilines is 1. The smallest absolute Gasteiger partial charge is 0.241 e. The van der Waals surface area contributed by atoms with E-state index in [2.05, 4.69) is 31.0 Å². The third-order valence-electron chi connectivity index (χ3n) is 4.41. The number of nitrogens with zero attached hydrogens (tertiary/aromatic N) is 2. The van der Waals surface area contributed by atoms with Crippen LogP contribution in [0.3, 0.4) is 0 Å². The molecule has 1 aromatic rings. The monoisotopic (exact) mass is 290 g/mol. The molecule has 1 heterocycles. The van der Waals surface area contributed by atoms with Gasteiger partial charge in [0.15, 0.2) is 0 Å². The van der Waals surface area contributed by atoms with Crippen LogP contribution in [-0.4, -0.2) is 42.7 Å². The molecule has 0 N–H and O–H groups in total. The molecular weight excluding hydrogens is 268 g/mol. The highest BCUT2D eigenvalue weighted by Crippen LogP contribution is 2.36. The molecule has 1 unspecified atom stereocenters. The molecule has 0 saturated heterocycles. The molecule has 0 spiro atoms. The van der Waals surface area contributed by atoms with E-state index in [4.69, 9.17) is 0 Å². The Labute approximate surface area is 125 Å². The van der Waals surface area contributed by atoms with E-state index in [0.29, 0.717) is 12.6 Å². The van der Waals surface area contributed by atoms with E-state index in [9.17, 15) is 4.79 Å². The Balaban J connectivity index is 1.68. The highest BCUT2D eigenvalue weighted by Gasteiger charge is 2.32. The molecule has 108 valence electrons. The number of hydrogen-bond donors (Lipinski definition) is 0. The predicted octanol–water partition coefficient (Wildman–Crippen LogP) is 2.86. The lowest BCUT2D eigenvalue weighted by atomic mass is 10.2. The van der Waals surface area contributed by atoms with E-state index in [1.807, 2.05) is 28.8 Å². The van der Waals surface area contributed by atoms with Gasteiger partial charge < -0.3 is 4.90 Å². The third kappa shape index (κ3) is 2.86. The van der Waals surface area contributed by atoms with Crippen molar-refractivity contribution in [1.29, 1.82) is 0 Å². The van der Waals surface area contributed by atoms with Gasteiger partial charge >= 0.3 is 0 Å². The van der Waals surface area contributed by atoms with Crippen molar-refractivity contribution in [3.05, 3.63) is 24.3 Å². The number of rotatable bonds is 4. The number of carbonyl (C=O) groups excluding carboxylic acids is 1. The summed E-state index contributed by atoms with van der Waals surface area (Å²) in [6, 6.07) is 8.75. The summed E-state index contributed by atoms with van der Waals surface area (Å²) in [6.45, 7) is 3.59. The Morgan fingerprint density at radius 1 is 1.45 bits per heavy atom. The van der Waals surface area contributed by atoms with Gasteiger partial charge in [-0.3, -0.25) is 9.69 Å². The normalized spacial score (nSPS) is 19.9. The van der Waals surface area contributed by atoms with Crippen molar-refractivity contribution in [2.75, 3.05) is 30.8 Å². The topological polar surface area (TPSA) is 23.6 Å². The van der Waals surface area contributed by atoms with E-state index in [1.54, 1.807) is 0 Å². The zero-order chi connectivity index (χ0) is 14.1. The third-order valence-corrected chi connectivity index (χ3v) is 5.46. The van der Waals surface area contributed by atoms with Crippen molar-refractivity contribution in [2.24, 2.45) is 5.92 Å². The molecule has 1 atom stereocenters. The Kier molecular flexibility index (Phi) is 4.03. The maximum atomic E-state index is 12.6. The van der Waals surface area contributed by atoms with Gasteiger partial charge in [-0.2, -0.15) is 0 Å². The van der Waals surface area contributed by atoms with Gasteiger partial charge in [0.2, 0.25) is 5.91 Å². The summed E-state index contributed by atoms with van der Waals surface area (Å²) in [6.07, 6.45) is 2.64. The molecule has 4 heteroatoms. The molecule has 1 aliphatic heterocycles. The molecule has 2 aliphatic rings. The first-order valence-corrected chi connectivity index (χ1v) is 8.38. The summed E-state index contributed by atoms with van der Waals surface area (Å²) in [7, 11) is 2.07. The summed E-state index contributed by atoms with van der Waals surface area (Å²) < 4.78 is 0. The van der Waals surface area contributed by atoms with Crippen LogP contribution >= 0.6 is 11.8 Å². The van der Waals surface area contributed by atoms with Crippen LogP contribution in [-0.2, 0) is 4.79 Å². The summed E-state index contributed by atoms with van der Waals surface area (Å²) in [5.74, 6) is 2.02. The number of thioether (sulfide) groups is 1. The van der Waals surface area contributed by atoms with Crippen LogP contribution in [0.1, 0.15) is 19.8 Å². The SMILES string of the molecule is CC(C1CC1)N(C)CC(=O)N1CCSc2ccccc21. The maximum Gasteiger partial charge on any atom is 0.241 e. The standard InChI is InChI=1S/C16H22N2OS/c1-12(13-7-8-13)17(2)11-16(19)18-9-10-20-15-6-4-3-5-14(15)18/h3-6,12-13H,7-11H2,1-2H3. The van der Waals surface area contributed by atoms with Gasteiger partial charge in [-0.15, -0.1) is 11.8 Å². The van der Waals surface area contributed by atoms with E-state index in [-0.39, 0.29) is 5.91 Å². The van der Waals surface area contributed by atoms with Crippen LogP contribution < -0.4 is 4.90 Å². The molecule has 1 aliphatic carbocycles. The lowest BCUT2D eigenvalue weighted by molar-refractivity contribution is -0.119. The average molecular weight is 290 g/mol. The zero-order valence-corrected chi connectivity index (χ0v) is 13.0. The van der Waals surface area contributed by atoms with Gasteiger partial charge in [0.05, 0.1) is 12.2 Å². The fraction of sp³-hybridized carbons (Fsp3) is 0.562. The summed E-state index contributed by atoms with van der Waals surface area (Å²) in [5, 5.41) is 0. The van der Waals surface area contributed by atoms with Gasteiger partial charge in [0.25, 0.3) is 0 Å². The first-order valence-electron chi connectivity index (χ1n) is 7.39. The quantitative estimate of drug-likeness (QED) is 0.852. The average Bonchev–Trinajstić information content (AvgIpc) is 3.30. The lowest BCUT2D eigenvalue weighted by Gasteiger charge is -2.32. The molecule has 1 fully saturated rings. The molecule has 3 rings (SSSR count). The Morgan fingerprint density at radius 2 is 2.20 bits per heavy atom. The van der Waals surface area contributed by atoms with Gasteiger partial charge in [-0.1, -0.05) is 12.1 Å². The lowest BCUT2D eigenvalue weighted by Crippen LogP contribution is -2.44. The minimum absolute atomic E-state index is 0.229. The number of hydrogen-bond acceptors (Lipinski definition) is 3. The molecule has 0 bridgehead atoms. The number of likely N-dealkylation sites (N-methyl/N-ethyl adjacent to an activating group) is 1. The number of amides is 1. The van der Waals surface area contributed by atoms with E-state index in [1.165, 1.54) is 17.7 Å². The van der Waals surface area contributed by atoms with Crippen LogP contribution in [0.5, 0.6) is 0 Å². The van der Waals surface area contributed by atoms with Gasteiger partial charge in [0, 0.05) is 23.2 Å². The van der Waals surface area contributed by atoms with Gasteiger partial charge in [-0.25, -0.2) is 0 Å². The van der Waals surface area contributed by atoms with Crippen molar-refractivity contribution in [3.8, 4) is 0 Å². The Bertz CT molecular complexity index is 501. The van der Waals surface area contributed by atoms with Crippen molar-refractivity contribution in [1.82, 2.24) is 4.90 Å². The molecular formula is C16H22N2OS. The van der Waals surface area contributed by atoms with E-state index >= 15 is 0 Å². The minimum atomic E-state index is 0.229. The predicted molar refractivity (Wildman–Crippen MR) is 84.3 cm³/mol. The number of para-hydroxylation sites is 1. The largest absolute Gasteiger partial charge is 0.309 e. The molecule has 3 nitrogen and oxygen atoms in total. The molecule has 1 saturated carbocycles. The fourth-order valence-corrected chi connectivity index (χ4v) is 3.80. The van der Waals surface area contributed by atoms with Gasteiger partial charge in [-0.05, 0) is 44.9 Å². The summed E-state index contributed by atoms with van der Waals surface area (Å²) in [4.78, 5) is 18.0. The van der Waals surface area contributed by atoms with Crippen LogP contribution in [0.2, 0.25) is 0 Å². The Morgan fingerprint density at radius 3 is 2.95 bits per heavy atom. The molecule has 0 radical (unpaired) electrons. The number of fused-ring (bicyclic) bond motifs is 1. The Hall–Kier alpha value is -1.00. The van der Waals surface area contributed by atoms with Crippen LogP contribution in [0, 0.1) is 5.92 Å². The molecule has 1 amide bonds. The van der Waals surface area contributed by atoms with Crippen LogP contribution in [0.4, 0.5) is 5.69 Å². The van der Waals surface area contributed by atoms with Crippen molar-refractivity contribution < 1.29 is 4.79 Å². The van der Waals surface area contributed by atoms with E-state index < -0.39 is 0 Å². The summed E-state index contributed by atoms with van der Waals surface area (Å²) >= 11 is 1.84. The molecule has 20 heavy (non-hydrogen) atoms. The van der Waals surface area contributed by atoms with Crippen LogP contribution in [0.15, 0.2) is 29.2 Å². The minimum Gasteiger partial charge on any atom is -0.309 e. The van der Waals surface area contributed by atoms with Crippen molar-refractivity contribution in [2.45, 2.75) is 30.7 Å². The summed E-state index contributed by atoms with van der Waals surface area (Å²) in [5.41, 5.74) is 1.08. The maximum absolute atomic E-state index is 12.6. The van der Waals surface area contributed by atoms with Crippen molar-refractivity contribution >= 4 is 23.4 Å². The second kappa shape index (κ2) is 5.78. The zero-order valence-electron chi connectivity index (χ0n) is 12.2. The second-order valence-electron chi connectivity index (χ2n) is 5.85. The molecule has 0 aromatic heterocycles. The number of carbonyl (C=O) groups is 1. The fourth-order valence-electron chi connectivity index (χ4n) is 2.81. The highest BCUT2D eigenvalue weighted by atomic mass is 32.2. The van der Waals surface area contributed by atoms with Gasteiger partial charge in [0.1, 0.15) is 0 Å². The van der Waals surface area contributed by atoms with Crippen molar-refractivity contribution in [3.63, 3.8) is 0 Å². The molecule has 1 aromatic carbocycles. The number of benzene rings is 1. The first kappa shape index (κ1) is 14.0. The highest BCUT2D eigenvalue weighted by molar-refractivity contribution is 7.99. The van der Waals surface area contributed by atoms with Crippen LogP contribution in [0.25, 0.3) is 0 Å². The van der Waals surface area contributed by atoms with E-state index in [0.717, 1.165) is 23.9 Å². The first-order chi connectivity index (χ1) is 9.66.